The second-order valence-corrected chi connectivity index (χ2v) is 8.32. The van der Waals surface area contributed by atoms with Crippen molar-refractivity contribution in [3.8, 4) is 0 Å². The van der Waals surface area contributed by atoms with Crippen molar-refractivity contribution in [1.82, 2.24) is 4.57 Å². The van der Waals surface area contributed by atoms with Crippen molar-refractivity contribution in [3.05, 3.63) is 76.6 Å². The number of aromatic nitrogens is 1. The fourth-order valence-electron chi connectivity index (χ4n) is 3.56. The van der Waals surface area contributed by atoms with E-state index in [2.05, 4.69) is 4.99 Å². The summed E-state index contributed by atoms with van der Waals surface area (Å²) < 4.78 is 12.2. The van der Waals surface area contributed by atoms with Gasteiger partial charge in [0, 0.05) is 0 Å². The van der Waals surface area contributed by atoms with Crippen LogP contribution in [0, 0.1) is 0 Å². The van der Waals surface area contributed by atoms with E-state index in [0.29, 0.717) is 20.6 Å². The molecule has 0 radical (unpaired) electrons. The van der Waals surface area contributed by atoms with Gasteiger partial charge < -0.3 is 14.0 Å². The van der Waals surface area contributed by atoms with Crippen LogP contribution in [-0.2, 0) is 32.0 Å². The number of fused-ring (bicyclic) bond motifs is 2. The topological polar surface area (TPSA) is 87.0 Å². The maximum atomic E-state index is 12.8. The number of nitrogens with zero attached hydrogens (tertiary/aromatic N) is 2. The summed E-state index contributed by atoms with van der Waals surface area (Å²) in [7, 11) is 1.31. The Morgan fingerprint density at radius 2 is 1.79 bits per heavy atom. The average molecular weight is 463 g/mol. The lowest BCUT2D eigenvalue weighted by atomic mass is 10.1. The SMILES string of the molecule is CCOC(=O)Cn1c(=NC(=O)Cc2ccc3ccccc3c2)sc2cc(C(=O)OC)ccc21. The molecule has 0 unspecified atom stereocenters. The molecule has 0 saturated carbocycles. The molecule has 1 heterocycles. The summed E-state index contributed by atoms with van der Waals surface area (Å²) in [4.78, 5) is 41.6. The second kappa shape index (κ2) is 9.79. The van der Waals surface area contributed by atoms with Crippen molar-refractivity contribution >= 4 is 50.2 Å². The van der Waals surface area contributed by atoms with Crippen LogP contribution >= 0.6 is 11.3 Å². The zero-order valence-corrected chi connectivity index (χ0v) is 19.1. The second-order valence-electron chi connectivity index (χ2n) is 7.31. The van der Waals surface area contributed by atoms with Gasteiger partial charge >= 0.3 is 11.9 Å². The van der Waals surface area contributed by atoms with Gasteiger partial charge in [-0.3, -0.25) is 9.59 Å². The number of carbonyl (C=O) groups excluding carboxylic acids is 3. The number of amides is 1. The predicted octanol–water partition coefficient (Wildman–Crippen LogP) is 3.88. The van der Waals surface area contributed by atoms with Gasteiger partial charge in [0.1, 0.15) is 6.54 Å². The van der Waals surface area contributed by atoms with Crippen LogP contribution in [-0.4, -0.2) is 36.1 Å². The van der Waals surface area contributed by atoms with Gasteiger partial charge in [-0.2, -0.15) is 4.99 Å². The Kier molecular flexibility index (Phi) is 6.65. The number of carbonyl (C=O) groups is 3. The fourth-order valence-corrected chi connectivity index (χ4v) is 4.65. The first-order valence-electron chi connectivity index (χ1n) is 10.4. The smallest absolute Gasteiger partial charge is 0.337 e. The van der Waals surface area contributed by atoms with Crippen molar-refractivity contribution in [2.24, 2.45) is 4.99 Å². The molecule has 0 atom stereocenters. The minimum absolute atomic E-state index is 0.0898. The first-order valence-corrected chi connectivity index (χ1v) is 11.2. The molecule has 0 aliphatic heterocycles. The summed E-state index contributed by atoms with van der Waals surface area (Å²) in [5, 5.41) is 2.15. The molecule has 3 aromatic carbocycles. The molecule has 8 heteroatoms. The van der Waals surface area contributed by atoms with Crippen molar-refractivity contribution in [3.63, 3.8) is 0 Å². The zero-order valence-electron chi connectivity index (χ0n) is 18.2. The number of benzene rings is 3. The first-order chi connectivity index (χ1) is 16.0. The number of thiazole rings is 1. The molecule has 7 nitrogen and oxygen atoms in total. The van der Waals surface area contributed by atoms with E-state index in [1.165, 1.54) is 18.4 Å². The normalized spacial score (nSPS) is 11.6. The minimum atomic E-state index is -0.465. The van der Waals surface area contributed by atoms with Crippen molar-refractivity contribution in [2.45, 2.75) is 19.9 Å². The van der Waals surface area contributed by atoms with Gasteiger partial charge in [-0.25, -0.2) is 4.79 Å². The summed E-state index contributed by atoms with van der Waals surface area (Å²) >= 11 is 1.23. The lowest BCUT2D eigenvalue weighted by molar-refractivity contribution is -0.143. The van der Waals surface area contributed by atoms with Crippen LogP contribution in [0.2, 0.25) is 0 Å². The van der Waals surface area contributed by atoms with E-state index < -0.39 is 11.9 Å². The van der Waals surface area contributed by atoms with Crippen LogP contribution in [0.4, 0.5) is 0 Å². The molecule has 4 rings (SSSR count). The fraction of sp³-hybridized carbons (Fsp3) is 0.200. The molecule has 1 amide bonds. The maximum absolute atomic E-state index is 12.8. The molecule has 0 N–H and O–H groups in total. The molecule has 33 heavy (non-hydrogen) atoms. The van der Waals surface area contributed by atoms with E-state index in [0.717, 1.165) is 16.3 Å². The molecule has 0 aliphatic carbocycles. The summed E-state index contributed by atoms with van der Waals surface area (Å²) in [6.45, 7) is 1.89. The van der Waals surface area contributed by atoms with Crippen molar-refractivity contribution in [1.29, 1.82) is 0 Å². The standard InChI is InChI=1S/C25H22N2O5S/c1-3-32-23(29)15-27-20-11-10-19(24(30)31-2)14-21(20)33-25(27)26-22(28)13-16-8-9-17-6-4-5-7-18(17)12-16/h4-12,14H,3,13,15H2,1-2H3. The van der Waals surface area contributed by atoms with Crippen LogP contribution in [0.5, 0.6) is 0 Å². The van der Waals surface area contributed by atoms with E-state index in [1.54, 1.807) is 29.7 Å². The van der Waals surface area contributed by atoms with Gasteiger partial charge in [0.05, 0.1) is 35.9 Å². The number of ether oxygens (including phenoxy) is 2. The van der Waals surface area contributed by atoms with Crippen molar-refractivity contribution in [2.75, 3.05) is 13.7 Å². The van der Waals surface area contributed by atoms with Gasteiger partial charge in [0.25, 0.3) is 5.91 Å². The Balaban J connectivity index is 1.71. The third-order valence-electron chi connectivity index (χ3n) is 5.09. The van der Waals surface area contributed by atoms with E-state index >= 15 is 0 Å². The van der Waals surface area contributed by atoms with Gasteiger partial charge in [-0.05, 0) is 41.5 Å². The molecule has 0 bridgehead atoms. The monoisotopic (exact) mass is 462 g/mol. The maximum Gasteiger partial charge on any atom is 0.337 e. The number of rotatable bonds is 6. The third-order valence-corrected chi connectivity index (χ3v) is 6.13. The first kappa shape index (κ1) is 22.4. The zero-order chi connectivity index (χ0) is 23.4. The molecular formula is C25H22N2O5S. The molecule has 4 aromatic rings. The molecule has 0 spiro atoms. The highest BCUT2D eigenvalue weighted by Crippen LogP contribution is 2.20. The quantitative estimate of drug-likeness (QED) is 0.406. The minimum Gasteiger partial charge on any atom is -0.465 e. The van der Waals surface area contributed by atoms with Gasteiger partial charge in [0.15, 0.2) is 4.80 Å². The van der Waals surface area contributed by atoms with Crippen molar-refractivity contribution < 1.29 is 23.9 Å². The Labute approximate surface area is 193 Å². The van der Waals surface area contributed by atoms with Crippen LogP contribution < -0.4 is 4.80 Å². The van der Waals surface area contributed by atoms with E-state index in [9.17, 15) is 14.4 Å². The highest BCUT2D eigenvalue weighted by atomic mass is 32.1. The van der Waals surface area contributed by atoms with Gasteiger partial charge in [-0.1, -0.05) is 53.8 Å². The van der Waals surface area contributed by atoms with E-state index in [4.69, 9.17) is 9.47 Å². The Morgan fingerprint density at radius 1 is 1.00 bits per heavy atom. The van der Waals surface area contributed by atoms with Crippen LogP contribution in [0.25, 0.3) is 21.0 Å². The van der Waals surface area contributed by atoms with E-state index in [-0.39, 0.29) is 25.5 Å². The number of esters is 2. The van der Waals surface area contributed by atoms with Crippen LogP contribution in [0.1, 0.15) is 22.8 Å². The number of hydrogen-bond acceptors (Lipinski definition) is 6. The third kappa shape index (κ3) is 5.01. The Bertz CT molecular complexity index is 1430. The molecule has 0 fully saturated rings. The number of methoxy groups -OCH3 is 1. The Hall–Kier alpha value is -3.78. The lowest BCUT2D eigenvalue weighted by Crippen LogP contribution is -2.23. The summed E-state index contributed by atoms with van der Waals surface area (Å²) in [6.07, 6.45) is 0.131. The van der Waals surface area contributed by atoms with Gasteiger partial charge in [0.2, 0.25) is 0 Å². The molecular weight excluding hydrogens is 440 g/mol. The van der Waals surface area contributed by atoms with Crippen LogP contribution in [0.15, 0.2) is 65.7 Å². The molecule has 1 aromatic heterocycles. The van der Waals surface area contributed by atoms with Crippen LogP contribution in [0.3, 0.4) is 0 Å². The largest absolute Gasteiger partial charge is 0.465 e. The number of hydrogen-bond donors (Lipinski definition) is 0. The summed E-state index contributed by atoms with van der Waals surface area (Å²) in [5.74, 6) is -1.23. The lowest BCUT2D eigenvalue weighted by Gasteiger charge is -2.06. The average Bonchev–Trinajstić information content (AvgIpc) is 3.14. The summed E-state index contributed by atoms with van der Waals surface area (Å²) in [5.41, 5.74) is 1.91. The molecule has 0 saturated heterocycles. The van der Waals surface area contributed by atoms with Gasteiger partial charge in [-0.15, -0.1) is 0 Å². The molecule has 168 valence electrons. The molecule has 0 aliphatic rings. The predicted molar refractivity (Wildman–Crippen MR) is 126 cm³/mol. The Morgan fingerprint density at radius 3 is 2.55 bits per heavy atom. The highest BCUT2D eigenvalue weighted by Gasteiger charge is 2.15. The van der Waals surface area contributed by atoms with E-state index in [1.807, 2.05) is 42.5 Å². The highest BCUT2D eigenvalue weighted by molar-refractivity contribution is 7.16. The summed E-state index contributed by atoms with van der Waals surface area (Å²) in [6, 6.07) is 18.8.